The molecule has 6 heteroatoms. The minimum absolute atomic E-state index is 0.189. The molecule has 130 valence electrons. The molecule has 0 unspecified atom stereocenters. The topological polar surface area (TPSA) is 58.9 Å². The lowest BCUT2D eigenvalue weighted by atomic mass is 10.1. The van der Waals surface area contributed by atoms with Crippen molar-refractivity contribution in [1.82, 2.24) is 4.57 Å². The number of benzene rings is 2. The third-order valence-corrected chi connectivity index (χ3v) is 4.05. The number of hydrogen-bond acceptors (Lipinski definition) is 5. The summed E-state index contributed by atoms with van der Waals surface area (Å²) in [5.74, 6) is 2.14. The average Bonchev–Trinajstić information content (AvgIpc) is 3.09. The minimum Gasteiger partial charge on any atom is -0.497 e. The second-order valence-electron chi connectivity index (χ2n) is 5.32. The van der Waals surface area contributed by atoms with Gasteiger partial charge in [-0.25, -0.2) is 0 Å². The molecule has 0 aliphatic rings. The molecule has 6 nitrogen and oxygen atoms in total. The van der Waals surface area contributed by atoms with Gasteiger partial charge < -0.3 is 18.9 Å². The van der Waals surface area contributed by atoms with Crippen LogP contribution >= 0.6 is 0 Å². The Kier molecular flexibility index (Phi) is 4.52. The molecule has 0 aliphatic carbocycles. The molecule has 1 heterocycles. The molecule has 0 N–H and O–H groups in total. The lowest BCUT2D eigenvalue weighted by Gasteiger charge is -2.11. The SMILES string of the molecule is COc1cc(OC)c2ccn(C(=O)c3ccc(OC)c(OC)c3)c2c1. The first kappa shape index (κ1) is 16.7. The van der Waals surface area contributed by atoms with Crippen LogP contribution in [0.15, 0.2) is 42.6 Å². The predicted octanol–water partition coefficient (Wildman–Crippen LogP) is 3.36. The Hall–Kier alpha value is -3.15. The molecule has 0 saturated carbocycles. The van der Waals surface area contributed by atoms with Crippen LogP contribution in [-0.2, 0) is 0 Å². The van der Waals surface area contributed by atoms with E-state index in [9.17, 15) is 4.79 Å². The first-order valence-electron chi connectivity index (χ1n) is 7.62. The van der Waals surface area contributed by atoms with Gasteiger partial charge in [-0.05, 0) is 24.3 Å². The second-order valence-corrected chi connectivity index (χ2v) is 5.32. The Labute approximate surface area is 145 Å². The standard InChI is InChI=1S/C19H19NO5/c1-22-13-10-15-14(17(11-13)24-3)7-8-20(15)19(21)12-5-6-16(23-2)18(9-12)25-4/h5-11H,1-4H3. The summed E-state index contributed by atoms with van der Waals surface area (Å²) in [4.78, 5) is 13.0. The summed E-state index contributed by atoms with van der Waals surface area (Å²) in [5.41, 5.74) is 1.19. The Morgan fingerprint density at radius 1 is 0.800 bits per heavy atom. The number of carbonyl (C=O) groups is 1. The van der Waals surface area contributed by atoms with Gasteiger partial charge in [0.1, 0.15) is 11.5 Å². The summed E-state index contributed by atoms with van der Waals surface area (Å²) in [5, 5.41) is 0.831. The Bertz CT molecular complexity index is 929. The van der Waals surface area contributed by atoms with E-state index in [1.807, 2.05) is 6.07 Å². The van der Waals surface area contributed by atoms with Crippen LogP contribution in [0.2, 0.25) is 0 Å². The molecular weight excluding hydrogens is 322 g/mol. The fourth-order valence-electron chi connectivity index (χ4n) is 2.76. The van der Waals surface area contributed by atoms with Gasteiger partial charge in [0, 0.05) is 29.3 Å². The quantitative estimate of drug-likeness (QED) is 0.712. The summed E-state index contributed by atoms with van der Waals surface area (Å²) in [6, 6.07) is 10.5. The first-order chi connectivity index (χ1) is 12.1. The maximum atomic E-state index is 13.0. The summed E-state index contributed by atoms with van der Waals surface area (Å²) in [6.07, 6.45) is 1.71. The number of aromatic nitrogens is 1. The van der Waals surface area contributed by atoms with Crippen molar-refractivity contribution in [2.45, 2.75) is 0 Å². The summed E-state index contributed by atoms with van der Waals surface area (Å²) in [7, 11) is 6.25. The van der Waals surface area contributed by atoms with Gasteiger partial charge in [-0.1, -0.05) is 0 Å². The van der Waals surface area contributed by atoms with E-state index in [-0.39, 0.29) is 5.91 Å². The molecule has 0 fully saturated rings. The lowest BCUT2D eigenvalue weighted by Crippen LogP contribution is -2.11. The van der Waals surface area contributed by atoms with Gasteiger partial charge in [0.25, 0.3) is 5.91 Å². The van der Waals surface area contributed by atoms with E-state index in [0.29, 0.717) is 34.1 Å². The number of hydrogen-bond donors (Lipinski definition) is 0. The zero-order valence-corrected chi connectivity index (χ0v) is 14.5. The van der Waals surface area contributed by atoms with E-state index in [1.165, 1.54) is 7.11 Å². The number of ether oxygens (including phenoxy) is 4. The monoisotopic (exact) mass is 341 g/mol. The van der Waals surface area contributed by atoms with Crippen molar-refractivity contribution in [1.29, 1.82) is 0 Å². The lowest BCUT2D eigenvalue weighted by molar-refractivity contribution is 0.0964. The van der Waals surface area contributed by atoms with Crippen molar-refractivity contribution in [2.24, 2.45) is 0 Å². The molecule has 0 atom stereocenters. The molecule has 25 heavy (non-hydrogen) atoms. The van der Waals surface area contributed by atoms with Gasteiger partial charge in [0.05, 0.1) is 34.0 Å². The number of rotatable bonds is 5. The van der Waals surface area contributed by atoms with Crippen molar-refractivity contribution >= 4 is 16.8 Å². The third kappa shape index (κ3) is 2.87. The molecule has 3 aromatic rings. The highest BCUT2D eigenvalue weighted by atomic mass is 16.5. The highest BCUT2D eigenvalue weighted by molar-refractivity contribution is 6.04. The van der Waals surface area contributed by atoms with Crippen LogP contribution in [0.4, 0.5) is 0 Å². The minimum atomic E-state index is -0.189. The Morgan fingerprint density at radius 3 is 2.16 bits per heavy atom. The third-order valence-electron chi connectivity index (χ3n) is 4.05. The van der Waals surface area contributed by atoms with Gasteiger partial charge in [-0.15, -0.1) is 0 Å². The number of fused-ring (bicyclic) bond motifs is 1. The van der Waals surface area contributed by atoms with E-state index in [4.69, 9.17) is 18.9 Å². The highest BCUT2D eigenvalue weighted by Crippen LogP contribution is 2.33. The first-order valence-corrected chi connectivity index (χ1v) is 7.62. The number of nitrogens with zero attached hydrogens (tertiary/aromatic N) is 1. The number of carbonyl (C=O) groups excluding carboxylic acids is 1. The van der Waals surface area contributed by atoms with Crippen LogP contribution < -0.4 is 18.9 Å². The molecule has 0 aliphatic heterocycles. The van der Waals surface area contributed by atoms with Crippen LogP contribution in [0.3, 0.4) is 0 Å². The fraction of sp³-hybridized carbons (Fsp3) is 0.211. The molecular formula is C19H19NO5. The largest absolute Gasteiger partial charge is 0.497 e. The molecule has 0 amide bonds. The van der Waals surface area contributed by atoms with Crippen LogP contribution in [0.5, 0.6) is 23.0 Å². The van der Waals surface area contributed by atoms with Crippen molar-refractivity contribution < 1.29 is 23.7 Å². The average molecular weight is 341 g/mol. The Balaban J connectivity index is 2.11. The van der Waals surface area contributed by atoms with Gasteiger partial charge >= 0.3 is 0 Å². The van der Waals surface area contributed by atoms with E-state index in [2.05, 4.69) is 0 Å². The molecule has 0 spiro atoms. The molecule has 3 rings (SSSR count). The van der Waals surface area contributed by atoms with E-state index in [1.54, 1.807) is 62.4 Å². The van der Waals surface area contributed by atoms with Gasteiger partial charge in [-0.3, -0.25) is 9.36 Å². The number of methoxy groups -OCH3 is 4. The molecule has 0 saturated heterocycles. The van der Waals surface area contributed by atoms with Crippen LogP contribution in [-0.4, -0.2) is 38.9 Å². The van der Waals surface area contributed by atoms with Gasteiger partial charge in [-0.2, -0.15) is 0 Å². The van der Waals surface area contributed by atoms with Crippen LogP contribution in [0.1, 0.15) is 10.4 Å². The van der Waals surface area contributed by atoms with Crippen molar-refractivity contribution in [3.63, 3.8) is 0 Å². The summed E-state index contributed by atoms with van der Waals surface area (Å²) in [6.45, 7) is 0. The van der Waals surface area contributed by atoms with E-state index >= 15 is 0 Å². The predicted molar refractivity (Wildman–Crippen MR) is 94.3 cm³/mol. The zero-order valence-electron chi connectivity index (χ0n) is 14.5. The maximum Gasteiger partial charge on any atom is 0.262 e. The highest BCUT2D eigenvalue weighted by Gasteiger charge is 2.17. The summed E-state index contributed by atoms with van der Waals surface area (Å²) >= 11 is 0. The molecule has 1 aromatic heterocycles. The molecule has 0 radical (unpaired) electrons. The smallest absolute Gasteiger partial charge is 0.262 e. The van der Waals surface area contributed by atoms with Gasteiger partial charge in [0.2, 0.25) is 0 Å². The van der Waals surface area contributed by atoms with Crippen molar-refractivity contribution in [3.8, 4) is 23.0 Å². The zero-order chi connectivity index (χ0) is 18.0. The van der Waals surface area contributed by atoms with Crippen molar-refractivity contribution in [3.05, 3.63) is 48.2 Å². The Morgan fingerprint density at radius 2 is 1.52 bits per heavy atom. The summed E-state index contributed by atoms with van der Waals surface area (Å²) < 4.78 is 22.7. The normalized spacial score (nSPS) is 10.6. The van der Waals surface area contributed by atoms with Crippen LogP contribution in [0.25, 0.3) is 10.9 Å². The second kappa shape index (κ2) is 6.76. The van der Waals surface area contributed by atoms with Crippen molar-refractivity contribution in [2.75, 3.05) is 28.4 Å². The molecule has 2 aromatic carbocycles. The van der Waals surface area contributed by atoms with E-state index in [0.717, 1.165) is 5.39 Å². The maximum absolute atomic E-state index is 13.0. The van der Waals surface area contributed by atoms with Gasteiger partial charge in [0.15, 0.2) is 11.5 Å². The fourth-order valence-corrected chi connectivity index (χ4v) is 2.76. The van der Waals surface area contributed by atoms with E-state index < -0.39 is 0 Å². The van der Waals surface area contributed by atoms with Crippen LogP contribution in [0, 0.1) is 0 Å². The molecule has 0 bridgehead atoms.